The zero-order valence-corrected chi connectivity index (χ0v) is 10.0. The third kappa shape index (κ3) is 2.43. The fraction of sp³-hybridized carbons (Fsp3) is 0.800. The Balaban J connectivity index is 2.92. The van der Waals surface area contributed by atoms with Crippen molar-refractivity contribution in [3.8, 4) is 0 Å². The first-order chi connectivity index (χ1) is 8.03. The average Bonchev–Trinajstić information content (AvgIpc) is 2.64. The van der Waals surface area contributed by atoms with Crippen LogP contribution in [0.5, 0.6) is 0 Å². The van der Waals surface area contributed by atoms with E-state index in [2.05, 4.69) is 5.32 Å². The number of carboxylic acids is 1. The van der Waals surface area contributed by atoms with Crippen molar-refractivity contribution in [1.29, 1.82) is 0 Å². The summed E-state index contributed by atoms with van der Waals surface area (Å²) < 4.78 is 38.1. The first-order valence-electron chi connectivity index (χ1n) is 5.41. The molecule has 0 aliphatic carbocycles. The molecule has 0 saturated carbocycles. The fourth-order valence-electron chi connectivity index (χ4n) is 1.70. The zero-order valence-electron chi connectivity index (χ0n) is 10.0. The monoisotopic (exact) mass is 268 g/mol. The lowest BCUT2D eigenvalue weighted by molar-refractivity contribution is -0.207. The topological polar surface area (TPSA) is 78.4 Å². The Bertz CT molecular complexity index is 364. The van der Waals surface area contributed by atoms with E-state index in [0.29, 0.717) is 26.3 Å². The van der Waals surface area contributed by atoms with Crippen LogP contribution in [0.2, 0.25) is 0 Å². The van der Waals surface area contributed by atoms with E-state index in [1.807, 2.05) is 0 Å². The van der Waals surface area contributed by atoms with E-state index in [9.17, 15) is 22.8 Å². The summed E-state index contributed by atoms with van der Waals surface area (Å²) >= 11 is 0. The second kappa shape index (κ2) is 4.42. The maximum Gasteiger partial charge on any atom is 0.422 e. The number of alkyl halides is 3. The molecule has 0 aromatic heterocycles. The second-order valence-corrected chi connectivity index (χ2v) is 4.74. The van der Waals surface area contributed by atoms with Gasteiger partial charge in [-0.15, -0.1) is 0 Å². The quantitative estimate of drug-likeness (QED) is 0.702. The zero-order chi connectivity index (χ0) is 14.2. The Hall–Kier alpha value is -1.31. The number of halogens is 3. The molecule has 1 aliphatic heterocycles. The summed E-state index contributed by atoms with van der Waals surface area (Å²) in [6, 6.07) is 0. The van der Waals surface area contributed by atoms with Gasteiger partial charge in [0, 0.05) is 0 Å². The van der Waals surface area contributed by atoms with Crippen molar-refractivity contribution in [2.24, 2.45) is 0 Å². The van der Waals surface area contributed by atoms with Gasteiger partial charge in [0.25, 0.3) is 0 Å². The molecule has 104 valence electrons. The molecule has 1 fully saturated rings. The molecule has 1 rings (SSSR count). The Labute approximate surface area is 102 Å². The van der Waals surface area contributed by atoms with Crippen molar-refractivity contribution < 1.29 is 27.9 Å². The maximum atomic E-state index is 12.7. The van der Waals surface area contributed by atoms with Gasteiger partial charge in [0.15, 0.2) is 0 Å². The van der Waals surface area contributed by atoms with Crippen LogP contribution in [-0.2, 0) is 9.59 Å². The molecule has 1 heterocycles. The molecule has 8 heteroatoms. The number of aliphatic carboxylic acids is 1. The summed E-state index contributed by atoms with van der Waals surface area (Å²) in [5.74, 6) is -3.09. The number of hydrogen-bond acceptors (Lipinski definition) is 3. The Morgan fingerprint density at radius 1 is 1.39 bits per heavy atom. The van der Waals surface area contributed by atoms with Gasteiger partial charge in [-0.05, 0) is 33.2 Å². The summed E-state index contributed by atoms with van der Waals surface area (Å²) in [6.45, 7) is 2.40. The van der Waals surface area contributed by atoms with Crippen molar-refractivity contribution in [3.63, 3.8) is 0 Å². The summed E-state index contributed by atoms with van der Waals surface area (Å²) in [7, 11) is 0. The number of amides is 1. The van der Waals surface area contributed by atoms with Crippen molar-refractivity contribution >= 4 is 11.9 Å². The molecule has 18 heavy (non-hydrogen) atoms. The lowest BCUT2D eigenvalue weighted by atomic mass is 9.95. The molecule has 1 saturated heterocycles. The molecule has 1 amide bonds. The first-order valence-corrected chi connectivity index (χ1v) is 5.41. The van der Waals surface area contributed by atoms with Crippen LogP contribution in [0, 0.1) is 0 Å². The molecule has 0 bridgehead atoms. The first kappa shape index (κ1) is 14.7. The van der Waals surface area contributed by atoms with E-state index in [4.69, 9.17) is 5.11 Å². The third-order valence-corrected chi connectivity index (χ3v) is 3.23. The molecule has 2 unspecified atom stereocenters. The van der Waals surface area contributed by atoms with Crippen LogP contribution in [0.15, 0.2) is 0 Å². The number of carbonyl (C=O) groups is 2. The van der Waals surface area contributed by atoms with E-state index in [1.54, 1.807) is 5.32 Å². The molecule has 5 nitrogen and oxygen atoms in total. The van der Waals surface area contributed by atoms with Gasteiger partial charge < -0.3 is 15.7 Å². The van der Waals surface area contributed by atoms with E-state index in [0.717, 1.165) is 0 Å². The molecule has 1 aliphatic rings. The molecule has 0 spiro atoms. The van der Waals surface area contributed by atoms with Gasteiger partial charge in [-0.3, -0.25) is 4.79 Å². The van der Waals surface area contributed by atoms with Crippen LogP contribution in [0.1, 0.15) is 26.7 Å². The predicted octanol–water partition coefficient (Wildman–Crippen LogP) is 0.650. The molecule has 2 atom stereocenters. The van der Waals surface area contributed by atoms with Crippen LogP contribution >= 0.6 is 0 Å². The van der Waals surface area contributed by atoms with Gasteiger partial charge >= 0.3 is 12.1 Å². The minimum atomic E-state index is -5.07. The van der Waals surface area contributed by atoms with Gasteiger partial charge in [0.2, 0.25) is 11.4 Å². The third-order valence-electron chi connectivity index (χ3n) is 3.23. The minimum absolute atomic E-state index is 0.367. The number of rotatable bonds is 3. The van der Waals surface area contributed by atoms with E-state index in [-0.39, 0.29) is 0 Å². The molecule has 3 N–H and O–H groups in total. The molecular weight excluding hydrogens is 253 g/mol. The van der Waals surface area contributed by atoms with Crippen LogP contribution in [0.3, 0.4) is 0 Å². The van der Waals surface area contributed by atoms with Crippen LogP contribution in [-0.4, -0.2) is 40.8 Å². The van der Waals surface area contributed by atoms with E-state index < -0.39 is 29.1 Å². The van der Waals surface area contributed by atoms with Crippen molar-refractivity contribution in [1.82, 2.24) is 10.6 Å². The number of hydrogen-bond donors (Lipinski definition) is 3. The predicted molar refractivity (Wildman–Crippen MR) is 55.9 cm³/mol. The summed E-state index contributed by atoms with van der Waals surface area (Å²) in [5.41, 5.74) is -4.43. The fourth-order valence-corrected chi connectivity index (χ4v) is 1.70. The number of carbonyl (C=O) groups excluding carboxylic acids is 1. The lowest BCUT2D eigenvalue weighted by Crippen LogP contribution is -2.66. The highest BCUT2D eigenvalue weighted by Crippen LogP contribution is 2.31. The highest BCUT2D eigenvalue weighted by molar-refractivity contribution is 5.92. The number of nitrogens with one attached hydrogen (secondary N) is 2. The van der Waals surface area contributed by atoms with Crippen LogP contribution in [0.25, 0.3) is 0 Å². The summed E-state index contributed by atoms with van der Waals surface area (Å²) in [5, 5.41) is 13.1. The highest BCUT2D eigenvalue weighted by atomic mass is 19.4. The van der Waals surface area contributed by atoms with Crippen LogP contribution < -0.4 is 10.6 Å². The van der Waals surface area contributed by atoms with E-state index in [1.165, 1.54) is 6.92 Å². The van der Waals surface area contributed by atoms with Gasteiger partial charge in [-0.2, -0.15) is 13.2 Å². The Kier molecular flexibility index (Phi) is 3.62. The standard InChI is InChI=1S/C10H15F3N2O3/c1-8(4-3-5-14-8)6(16)15-9(2,7(17)18)10(11,12)13/h14H,3-5H2,1-2H3,(H,15,16)(H,17,18). The Morgan fingerprint density at radius 2 is 1.94 bits per heavy atom. The van der Waals surface area contributed by atoms with Crippen molar-refractivity contribution in [2.45, 2.75) is 43.9 Å². The second-order valence-electron chi connectivity index (χ2n) is 4.74. The SMILES string of the molecule is CC1(C(=O)NC(C)(C(=O)O)C(F)(F)F)CCCN1. The van der Waals surface area contributed by atoms with Crippen molar-refractivity contribution in [2.75, 3.05) is 6.54 Å². The van der Waals surface area contributed by atoms with Gasteiger partial charge in [-0.25, -0.2) is 4.79 Å². The lowest BCUT2D eigenvalue weighted by Gasteiger charge is -2.32. The number of carboxylic acid groups (broad SMARTS) is 1. The van der Waals surface area contributed by atoms with Gasteiger partial charge in [0.1, 0.15) is 0 Å². The molecule has 0 aromatic rings. The molecular formula is C10H15F3N2O3. The molecule has 0 aromatic carbocycles. The normalized spacial score (nSPS) is 27.6. The maximum absolute atomic E-state index is 12.7. The van der Waals surface area contributed by atoms with Gasteiger partial charge in [-0.1, -0.05) is 0 Å². The minimum Gasteiger partial charge on any atom is -0.479 e. The highest BCUT2D eigenvalue weighted by Gasteiger charge is 2.59. The van der Waals surface area contributed by atoms with E-state index >= 15 is 0 Å². The summed E-state index contributed by atoms with van der Waals surface area (Å²) in [6.07, 6.45) is -4.05. The van der Waals surface area contributed by atoms with Gasteiger partial charge in [0.05, 0.1) is 5.54 Å². The van der Waals surface area contributed by atoms with Crippen molar-refractivity contribution in [3.05, 3.63) is 0 Å². The summed E-state index contributed by atoms with van der Waals surface area (Å²) in [4.78, 5) is 22.6. The largest absolute Gasteiger partial charge is 0.479 e. The smallest absolute Gasteiger partial charge is 0.422 e. The average molecular weight is 268 g/mol. The van der Waals surface area contributed by atoms with Crippen LogP contribution in [0.4, 0.5) is 13.2 Å². The Morgan fingerprint density at radius 3 is 2.28 bits per heavy atom. The molecule has 0 radical (unpaired) electrons.